The van der Waals surface area contributed by atoms with Crippen LogP contribution in [0.2, 0.25) is 0 Å². The molecule has 134 valence electrons. The highest BCUT2D eigenvalue weighted by Crippen LogP contribution is 2.34. The summed E-state index contributed by atoms with van der Waals surface area (Å²) < 4.78 is 6.91. The van der Waals surface area contributed by atoms with Crippen molar-refractivity contribution < 1.29 is 4.74 Å². The van der Waals surface area contributed by atoms with Crippen LogP contribution in [0.1, 0.15) is 38.3 Å². The van der Waals surface area contributed by atoms with E-state index in [-0.39, 0.29) is 10.8 Å². The lowest BCUT2D eigenvalue weighted by molar-refractivity contribution is 0.0782. The number of hydrogen-bond donors (Lipinski definition) is 2. The first-order valence-electron chi connectivity index (χ1n) is 8.53. The van der Waals surface area contributed by atoms with Crippen molar-refractivity contribution in [3.8, 4) is 0 Å². The van der Waals surface area contributed by atoms with Crippen LogP contribution in [0.15, 0.2) is 33.7 Å². The van der Waals surface area contributed by atoms with Crippen molar-refractivity contribution in [1.82, 2.24) is 10.6 Å². The van der Waals surface area contributed by atoms with Crippen LogP contribution in [0.4, 0.5) is 0 Å². The van der Waals surface area contributed by atoms with E-state index >= 15 is 0 Å². The van der Waals surface area contributed by atoms with E-state index < -0.39 is 0 Å². The minimum absolute atomic E-state index is 0.177. The van der Waals surface area contributed by atoms with Gasteiger partial charge in [-0.3, -0.25) is 4.99 Å². The maximum Gasteiger partial charge on any atom is 0.191 e. The van der Waals surface area contributed by atoms with Gasteiger partial charge >= 0.3 is 0 Å². The van der Waals surface area contributed by atoms with Crippen LogP contribution < -0.4 is 10.6 Å². The quantitative estimate of drug-likeness (QED) is 0.546. The van der Waals surface area contributed by atoms with E-state index in [1.165, 1.54) is 5.56 Å². The van der Waals surface area contributed by atoms with Crippen molar-refractivity contribution in [2.24, 2.45) is 4.99 Å². The predicted octanol–water partition coefficient (Wildman–Crippen LogP) is 3.98. The number of ether oxygens (including phenoxy) is 1. The van der Waals surface area contributed by atoms with Gasteiger partial charge in [0.2, 0.25) is 0 Å². The molecule has 0 radical (unpaired) electrons. The van der Waals surface area contributed by atoms with Gasteiger partial charge in [0.05, 0.1) is 6.04 Å². The molecular formula is C18H28BrN3OS. The van der Waals surface area contributed by atoms with Crippen LogP contribution in [0.25, 0.3) is 0 Å². The standard InChI is InChI=1S/C18H28BrN3OS/c1-4-24-18(9-11-23-12-10-18)13-21-17(20-3)22-14(2)15-7-5-6-8-16(15)19/h5-8,14H,4,9-13H2,1-3H3,(H2,20,21,22). The van der Waals surface area contributed by atoms with E-state index in [0.717, 1.165) is 48.8 Å². The van der Waals surface area contributed by atoms with Crippen LogP contribution in [0.5, 0.6) is 0 Å². The normalized spacial score (nSPS) is 18.9. The van der Waals surface area contributed by atoms with Gasteiger partial charge in [-0.2, -0.15) is 11.8 Å². The number of nitrogens with one attached hydrogen (secondary N) is 2. The van der Waals surface area contributed by atoms with Gasteiger partial charge in [-0.1, -0.05) is 41.1 Å². The number of halogens is 1. The van der Waals surface area contributed by atoms with Crippen LogP contribution >= 0.6 is 27.7 Å². The van der Waals surface area contributed by atoms with Gasteiger partial charge in [-0.25, -0.2) is 0 Å². The van der Waals surface area contributed by atoms with Gasteiger partial charge in [0, 0.05) is 36.0 Å². The number of rotatable bonds is 6. The first-order valence-corrected chi connectivity index (χ1v) is 10.3. The summed E-state index contributed by atoms with van der Waals surface area (Å²) in [5.41, 5.74) is 1.23. The van der Waals surface area contributed by atoms with E-state index in [2.05, 4.69) is 63.6 Å². The lowest BCUT2D eigenvalue weighted by atomic mass is 9.99. The highest BCUT2D eigenvalue weighted by atomic mass is 79.9. The molecule has 0 aliphatic carbocycles. The summed E-state index contributed by atoms with van der Waals surface area (Å²) in [5.74, 6) is 1.97. The number of benzene rings is 1. The third-order valence-corrected chi connectivity index (χ3v) is 6.56. The molecule has 1 fully saturated rings. The molecule has 1 unspecified atom stereocenters. The Morgan fingerprint density at radius 1 is 1.38 bits per heavy atom. The SMILES string of the molecule is CCSC1(CNC(=NC)NC(C)c2ccccc2Br)CCOCC1. The van der Waals surface area contributed by atoms with Crippen molar-refractivity contribution in [2.45, 2.75) is 37.5 Å². The number of nitrogens with zero attached hydrogens (tertiary/aromatic N) is 1. The Bertz CT molecular complexity index is 541. The minimum atomic E-state index is 0.177. The number of aliphatic imine (C=N–C) groups is 1. The average Bonchev–Trinajstić information content (AvgIpc) is 2.60. The van der Waals surface area contributed by atoms with E-state index in [0.29, 0.717) is 0 Å². The first kappa shape index (κ1) is 19.6. The van der Waals surface area contributed by atoms with E-state index in [1.807, 2.05) is 24.9 Å². The van der Waals surface area contributed by atoms with Gasteiger partial charge in [0.25, 0.3) is 0 Å². The Kier molecular flexibility index (Phi) is 7.91. The second kappa shape index (κ2) is 9.68. The summed E-state index contributed by atoms with van der Waals surface area (Å²) in [4.78, 5) is 4.40. The second-order valence-electron chi connectivity index (χ2n) is 6.04. The molecule has 2 rings (SSSR count). The molecule has 0 amide bonds. The van der Waals surface area contributed by atoms with E-state index in [9.17, 15) is 0 Å². The maximum absolute atomic E-state index is 5.55. The molecule has 1 saturated heterocycles. The molecule has 2 N–H and O–H groups in total. The van der Waals surface area contributed by atoms with Crippen LogP contribution in [0, 0.1) is 0 Å². The molecular weight excluding hydrogens is 386 g/mol. The van der Waals surface area contributed by atoms with Gasteiger partial charge < -0.3 is 15.4 Å². The van der Waals surface area contributed by atoms with E-state index in [1.54, 1.807) is 0 Å². The number of guanidine groups is 1. The molecule has 24 heavy (non-hydrogen) atoms. The predicted molar refractivity (Wildman–Crippen MR) is 108 cm³/mol. The zero-order chi connectivity index (χ0) is 17.4. The lowest BCUT2D eigenvalue weighted by Gasteiger charge is -2.37. The Morgan fingerprint density at radius 3 is 2.71 bits per heavy atom. The fraction of sp³-hybridized carbons (Fsp3) is 0.611. The van der Waals surface area contributed by atoms with Crippen molar-refractivity contribution >= 4 is 33.7 Å². The van der Waals surface area contributed by atoms with Crippen LogP contribution in [-0.2, 0) is 4.74 Å². The zero-order valence-corrected chi connectivity index (χ0v) is 17.2. The average molecular weight is 414 g/mol. The molecule has 0 spiro atoms. The Balaban J connectivity index is 1.95. The Morgan fingerprint density at radius 2 is 2.08 bits per heavy atom. The molecule has 6 heteroatoms. The van der Waals surface area contributed by atoms with Gasteiger partial charge in [0.15, 0.2) is 5.96 Å². The molecule has 0 aromatic heterocycles. The van der Waals surface area contributed by atoms with Gasteiger partial charge in [-0.05, 0) is 37.1 Å². The minimum Gasteiger partial charge on any atom is -0.381 e. The highest BCUT2D eigenvalue weighted by Gasteiger charge is 2.32. The maximum atomic E-state index is 5.55. The first-order chi connectivity index (χ1) is 11.6. The molecule has 4 nitrogen and oxygen atoms in total. The van der Waals surface area contributed by atoms with Crippen molar-refractivity contribution in [3.05, 3.63) is 34.3 Å². The summed E-state index contributed by atoms with van der Waals surface area (Å²) in [6.07, 6.45) is 2.19. The van der Waals surface area contributed by atoms with Crippen molar-refractivity contribution in [3.63, 3.8) is 0 Å². The van der Waals surface area contributed by atoms with E-state index in [4.69, 9.17) is 4.74 Å². The molecule has 0 saturated carbocycles. The Labute approximate surface area is 158 Å². The fourth-order valence-electron chi connectivity index (χ4n) is 2.97. The third kappa shape index (κ3) is 5.39. The van der Waals surface area contributed by atoms with Crippen molar-refractivity contribution in [2.75, 3.05) is 32.6 Å². The lowest BCUT2D eigenvalue weighted by Crippen LogP contribution is -2.48. The molecule has 1 aromatic carbocycles. The third-order valence-electron chi connectivity index (χ3n) is 4.38. The second-order valence-corrected chi connectivity index (χ2v) is 8.63. The Hall–Kier alpha value is -0.720. The molecule has 1 aliphatic heterocycles. The van der Waals surface area contributed by atoms with Crippen LogP contribution in [-0.4, -0.2) is 43.3 Å². The van der Waals surface area contributed by atoms with Gasteiger partial charge in [0.1, 0.15) is 0 Å². The molecule has 0 bridgehead atoms. The summed E-state index contributed by atoms with van der Waals surface area (Å²) in [6.45, 7) is 7.00. The molecule has 1 aliphatic rings. The number of thioether (sulfide) groups is 1. The van der Waals surface area contributed by atoms with Gasteiger partial charge in [-0.15, -0.1) is 0 Å². The summed E-state index contributed by atoms with van der Waals surface area (Å²) in [6, 6.07) is 8.46. The summed E-state index contributed by atoms with van der Waals surface area (Å²) in [5, 5.41) is 7.02. The number of hydrogen-bond acceptors (Lipinski definition) is 3. The zero-order valence-electron chi connectivity index (χ0n) is 14.8. The monoisotopic (exact) mass is 413 g/mol. The topological polar surface area (TPSA) is 45.7 Å². The van der Waals surface area contributed by atoms with Crippen LogP contribution in [0.3, 0.4) is 0 Å². The smallest absolute Gasteiger partial charge is 0.191 e. The largest absolute Gasteiger partial charge is 0.381 e. The summed E-state index contributed by atoms with van der Waals surface area (Å²) >= 11 is 5.66. The molecule has 1 atom stereocenters. The molecule has 1 aromatic rings. The molecule has 1 heterocycles. The fourth-order valence-corrected chi connectivity index (χ4v) is 4.84. The van der Waals surface area contributed by atoms with Crippen molar-refractivity contribution in [1.29, 1.82) is 0 Å². The highest BCUT2D eigenvalue weighted by molar-refractivity contribution is 9.10. The summed E-state index contributed by atoms with van der Waals surface area (Å²) in [7, 11) is 1.83.